The molecule has 0 bridgehead atoms. The van der Waals surface area contributed by atoms with E-state index in [4.69, 9.17) is 16.0 Å². The maximum atomic E-state index is 12.2. The average Bonchev–Trinajstić information content (AvgIpc) is 3.10. The summed E-state index contributed by atoms with van der Waals surface area (Å²) in [6.07, 6.45) is 1.39. The second-order valence-corrected chi connectivity index (χ2v) is 5.38. The average molecular weight is 304 g/mol. The van der Waals surface area contributed by atoms with E-state index in [0.29, 0.717) is 5.56 Å². The fourth-order valence-corrected chi connectivity index (χ4v) is 2.85. The van der Waals surface area contributed by atoms with Crippen molar-refractivity contribution in [3.8, 4) is 10.4 Å². The molecule has 3 nitrogen and oxygen atoms in total. The number of amides is 1. The van der Waals surface area contributed by atoms with Crippen LogP contribution in [0.25, 0.3) is 10.4 Å². The summed E-state index contributed by atoms with van der Waals surface area (Å²) in [5, 5.41) is 4.96. The van der Waals surface area contributed by atoms with Crippen molar-refractivity contribution in [2.24, 2.45) is 0 Å². The standard InChI is InChI=1S/C15H10ClNO2S/c16-14-11(7-8-19-14)15(18)17-12-5-2-1-4-10(12)13-6-3-9-20-13/h1-9H,(H,17,18). The summed E-state index contributed by atoms with van der Waals surface area (Å²) >= 11 is 7.44. The van der Waals surface area contributed by atoms with Gasteiger partial charge in [-0.2, -0.15) is 0 Å². The van der Waals surface area contributed by atoms with E-state index < -0.39 is 0 Å². The van der Waals surface area contributed by atoms with Gasteiger partial charge in [0.05, 0.1) is 11.8 Å². The van der Waals surface area contributed by atoms with Crippen molar-refractivity contribution in [3.05, 3.63) is 64.9 Å². The van der Waals surface area contributed by atoms with Gasteiger partial charge in [-0.15, -0.1) is 11.3 Å². The molecular weight excluding hydrogens is 294 g/mol. The van der Waals surface area contributed by atoms with Gasteiger partial charge in [-0.05, 0) is 35.2 Å². The lowest BCUT2D eigenvalue weighted by atomic mass is 10.1. The van der Waals surface area contributed by atoms with Crippen LogP contribution in [0.15, 0.2) is 58.5 Å². The van der Waals surface area contributed by atoms with Gasteiger partial charge in [0.1, 0.15) is 0 Å². The lowest BCUT2D eigenvalue weighted by Gasteiger charge is -2.09. The molecular formula is C15H10ClNO2S. The number of carbonyl (C=O) groups excluding carboxylic acids is 1. The highest BCUT2D eigenvalue weighted by Crippen LogP contribution is 2.31. The first-order chi connectivity index (χ1) is 9.75. The first-order valence-corrected chi connectivity index (χ1v) is 7.19. The Morgan fingerprint density at radius 2 is 2.00 bits per heavy atom. The molecule has 0 atom stereocenters. The summed E-state index contributed by atoms with van der Waals surface area (Å²) in [6.45, 7) is 0. The molecule has 3 rings (SSSR count). The molecule has 0 aliphatic carbocycles. The molecule has 2 aromatic heterocycles. The summed E-state index contributed by atoms with van der Waals surface area (Å²) in [6, 6.07) is 13.2. The second-order valence-electron chi connectivity index (χ2n) is 4.08. The van der Waals surface area contributed by atoms with Crippen molar-refractivity contribution in [2.75, 3.05) is 5.32 Å². The smallest absolute Gasteiger partial charge is 0.260 e. The van der Waals surface area contributed by atoms with E-state index in [0.717, 1.165) is 16.1 Å². The third-order valence-electron chi connectivity index (χ3n) is 2.82. The van der Waals surface area contributed by atoms with Crippen LogP contribution in [0.2, 0.25) is 5.22 Å². The minimum Gasteiger partial charge on any atom is -0.452 e. The molecule has 1 aromatic carbocycles. The predicted molar refractivity (Wildman–Crippen MR) is 81.4 cm³/mol. The van der Waals surface area contributed by atoms with E-state index in [-0.39, 0.29) is 11.1 Å². The summed E-state index contributed by atoms with van der Waals surface area (Å²) in [5.41, 5.74) is 2.06. The number of carbonyl (C=O) groups is 1. The molecule has 1 N–H and O–H groups in total. The van der Waals surface area contributed by atoms with Gasteiger partial charge in [0.15, 0.2) is 0 Å². The molecule has 100 valence electrons. The number of benzene rings is 1. The molecule has 3 aromatic rings. The van der Waals surface area contributed by atoms with Crippen molar-refractivity contribution in [2.45, 2.75) is 0 Å². The van der Waals surface area contributed by atoms with Gasteiger partial charge in [0, 0.05) is 16.1 Å². The van der Waals surface area contributed by atoms with E-state index >= 15 is 0 Å². The molecule has 0 spiro atoms. The van der Waals surface area contributed by atoms with E-state index in [1.165, 1.54) is 6.26 Å². The third kappa shape index (κ3) is 2.48. The number of hydrogen-bond donors (Lipinski definition) is 1. The Balaban J connectivity index is 1.92. The Morgan fingerprint density at radius 3 is 2.70 bits per heavy atom. The molecule has 20 heavy (non-hydrogen) atoms. The SMILES string of the molecule is O=C(Nc1ccccc1-c1cccs1)c1ccoc1Cl. The zero-order valence-electron chi connectivity index (χ0n) is 10.3. The van der Waals surface area contributed by atoms with Crippen molar-refractivity contribution in [1.82, 2.24) is 0 Å². The Hall–Kier alpha value is -2.04. The Bertz CT molecular complexity index is 734. The summed E-state index contributed by atoms with van der Waals surface area (Å²) in [7, 11) is 0. The van der Waals surface area contributed by atoms with Crippen molar-refractivity contribution < 1.29 is 9.21 Å². The largest absolute Gasteiger partial charge is 0.452 e. The highest BCUT2D eigenvalue weighted by atomic mass is 35.5. The van der Waals surface area contributed by atoms with Gasteiger partial charge in [-0.1, -0.05) is 24.3 Å². The molecule has 0 aliphatic heterocycles. The highest BCUT2D eigenvalue weighted by molar-refractivity contribution is 7.13. The Morgan fingerprint density at radius 1 is 1.15 bits per heavy atom. The summed E-state index contributed by atoms with van der Waals surface area (Å²) in [5.74, 6) is -0.284. The van der Waals surface area contributed by atoms with Crippen LogP contribution < -0.4 is 5.32 Å². The number of thiophene rings is 1. The Labute approximate surface area is 124 Å². The quantitative estimate of drug-likeness (QED) is 0.746. The van der Waals surface area contributed by atoms with Crippen LogP contribution in [0, 0.1) is 0 Å². The van der Waals surface area contributed by atoms with Crippen LogP contribution in [0.5, 0.6) is 0 Å². The summed E-state index contributed by atoms with van der Waals surface area (Å²) < 4.78 is 4.93. The number of anilines is 1. The van der Waals surface area contributed by atoms with E-state index in [9.17, 15) is 4.79 Å². The van der Waals surface area contributed by atoms with Crippen LogP contribution in [0.4, 0.5) is 5.69 Å². The number of rotatable bonds is 3. The number of para-hydroxylation sites is 1. The fraction of sp³-hybridized carbons (Fsp3) is 0. The van der Waals surface area contributed by atoms with Gasteiger partial charge >= 0.3 is 0 Å². The normalized spacial score (nSPS) is 10.4. The third-order valence-corrected chi connectivity index (χ3v) is 4.02. The molecule has 0 saturated heterocycles. The first-order valence-electron chi connectivity index (χ1n) is 5.93. The minimum absolute atomic E-state index is 0.0936. The van der Waals surface area contributed by atoms with Crippen molar-refractivity contribution in [3.63, 3.8) is 0 Å². The molecule has 1 amide bonds. The molecule has 0 unspecified atom stereocenters. The van der Waals surface area contributed by atoms with Gasteiger partial charge in [0.25, 0.3) is 5.91 Å². The fourth-order valence-electron chi connectivity index (χ4n) is 1.88. The molecule has 0 fully saturated rings. The maximum absolute atomic E-state index is 12.2. The number of furan rings is 1. The first kappa shape index (κ1) is 13.0. The monoisotopic (exact) mass is 303 g/mol. The molecule has 0 aliphatic rings. The summed E-state index contributed by atoms with van der Waals surface area (Å²) in [4.78, 5) is 13.3. The predicted octanol–water partition coefficient (Wildman–Crippen LogP) is 4.91. The van der Waals surface area contributed by atoms with Gasteiger partial charge < -0.3 is 9.73 Å². The van der Waals surface area contributed by atoms with E-state index in [2.05, 4.69) is 5.32 Å². The number of halogens is 1. The van der Waals surface area contributed by atoms with Crippen LogP contribution in [0.3, 0.4) is 0 Å². The number of hydrogen-bond acceptors (Lipinski definition) is 3. The molecule has 0 saturated carbocycles. The highest BCUT2D eigenvalue weighted by Gasteiger charge is 2.15. The lowest BCUT2D eigenvalue weighted by Crippen LogP contribution is -2.12. The van der Waals surface area contributed by atoms with Crippen LogP contribution in [-0.2, 0) is 0 Å². The Kier molecular flexibility index (Phi) is 3.58. The minimum atomic E-state index is -0.284. The molecule has 2 heterocycles. The van der Waals surface area contributed by atoms with Crippen molar-refractivity contribution in [1.29, 1.82) is 0 Å². The van der Waals surface area contributed by atoms with Gasteiger partial charge in [0.2, 0.25) is 5.22 Å². The van der Waals surface area contributed by atoms with Gasteiger partial charge in [-0.3, -0.25) is 4.79 Å². The van der Waals surface area contributed by atoms with Crippen LogP contribution in [0.1, 0.15) is 10.4 Å². The number of nitrogens with one attached hydrogen (secondary N) is 1. The lowest BCUT2D eigenvalue weighted by molar-refractivity contribution is 0.102. The zero-order chi connectivity index (χ0) is 13.9. The van der Waals surface area contributed by atoms with Crippen LogP contribution >= 0.6 is 22.9 Å². The zero-order valence-corrected chi connectivity index (χ0v) is 11.9. The van der Waals surface area contributed by atoms with Gasteiger partial charge in [-0.25, -0.2) is 0 Å². The van der Waals surface area contributed by atoms with E-state index in [1.807, 2.05) is 41.8 Å². The maximum Gasteiger partial charge on any atom is 0.260 e. The molecule has 0 radical (unpaired) electrons. The van der Waals surface area contributed by atoms with Crippen LogP contribution in [-0.4, -0.2) is 5.91 Å². The second kappa shape index (κ2) is 5.53. The molecule has 5 heteroatoms. The topological polar surface area (TPSA) is 42.2 Å². The van der Waals surface area contributed by atoms with E-state index in [1.54, 1.807) is 17.4 Å². The van der Waals surface area contributed by atoms with Crippen molar-refractivity contribution >= 4 is 34.5 Å².